The van der Waals surface area contributed by atoms with Crippen LogP contribution in [0, 0.1) is 22.7 Å². The largest absolute Gasteiger partial charge is 0.494 e. The zero-order valence-corrected chi connectivity index (χ0v) is 16.0. The van der Waals surface area contributed by atoms with Crippen LogP contribution in [0.3, 0.4) is 0 Å². The van der Waals surface area contributed by atoms with Gasteiger partial charge in [-0.15, -0.1) is 0 Å². The number of aryl methyl sites for hydroxylation is 1. The van der Waals surface area contributed by atoms with E-state index in [1.165, 1.54) is 0 Å². The molecule has 5 heteroatoms. The number of fused-ring (bicyclic) bond motifs is 1. The maximum absolute atomic E-state index is 12.1. The molecule has 0 saturated heterocycles. The van der Waals surface area contributed by atoms with Gasteiger partial charge in [0.15, 0.2) is 0 Å². The van der Waals surface area contributed by atoms with E-state index in [1.54, 1.807) is 24.3 Å². The van der Waals surface area contributed by atoms with Crippen LogP contribution in [-0.2, 0) is 11.8 Å². The maximum Gasteiger partial charge on any atom is 0.251 e. The summed E-state index contributed by atoms with van der Waals surface area (Å²) < 4.78 is 5.74. The fourth-order valence-electron chi connectivity index (χ4n) is 3.12. The number of pyridine rings is 1. The Kier molecular flexibility index (Phi) is 5.47. The SMILES string of the molecule is CCc1cc2ccc([C@@](C)(C#N)CCOc3ccc(C#N)cc3)cc2[nH]c1=O. The van der Waals surface area contributed by atoms with E-state index >= 15 is 0 Å². The lowest BCUT2D eigenvalue weighted by atomic mass is 9.81. The second-order valence-electron chi connectivity index (χ2n) is 6.96. The Balaban J connectivity index is 1.79. The van der Waals surface area contributed by atoms with Gasteiger partial charge in [-0.25, -0.2) is 0 Å². The Labute approximate surface area is 163 Å². The standard InChI is InChI=1S/C23H21N3O2/c1-3-17-12-18-6-7-19(13-21(18)26-22(17)27)23(2,15-25)10-11-28-20-8-4-16(14-24)5-9-20/h4-9,12-13H,3,10-11H2,1-2H3,(H,26,27)/t23-/m1/s1. The van der Waals surface area contributed by atoms with Gasteiger partial charge >= 0.3 is 0 Å². The zero-order chi connectivity index (χ0) is 20.1. The summed E-state index contributed by atoms with van der Waals surface area (Å²) >= 11 is 0. The van der Waals surface area contributed by atoms with Crippen LogP contribution in [0.4, 0.5) is 0 Å². The third-order valence-electron chi connectivity index (χ3n) is 5.04. The molecule has 1 atom stereocenters. The molecule has 1 aromatic heterocycles. The Morgan fingerprint density at radius 3 is 2.50 bits per heavy atom. The molecule has 0 radical (unpaired) electrons. The average molecular weight is 371 g/mol. The zero-order valence-electron chi connectivity index (χ0n) is 16.0. The van der Waals surface area contributed by atoms with Crippen LogP contribution in [0.15, 0.2) is 53.3 Å². The summed E-state index contributed by atoms with van der Waals surface area (Å²) in [6, 6.07) is 19.0. The molecule has 0 aliphatic rings. The third-order valence-corrected chi connectivity index (χ3v) is 5.04. The molecular weight excluding hydrogens is 350 g/mol. The summed E-state index contributed by atoms with van der Waals surface area (Å²) in [5, 5.41) is 19.6. The van der Waals surface area contributed by atoms with Crippen LogP contribution in [0.25, 0.3) is 10.9 Å². The van der Waals surface area contributed by atoms with E-state index in [9.17, 15) is 10.1 Å². The number of H-pyrrole nitrogens is 1. The number of aromatic amines is 1. The molecule has 0 aliphatic heterocycles. The van der Waals surface area contributed by atoms with Gasteiger partial charge in [0.05, 0.1) is 29.7 Å². The molecule has 0 unspecified atom stereocenters. The first kappa shape index (κ1) is 19.2. The smallest absolute Gasteiger partial charge is 0.251 e. The maximum atomic E-state index is 12.1. The highest BCUT2D eigenvalue weighted by molar-refractivity contribution is 5.80. The summed E-state index contributed by atoms with van der Waals surface area (Å²) in [4.78, 5) is 15.0. The second kappa shape index (κ2) is 7.98. The minimum absolute atomic E-state index is 0.0880. The first-order chi connectivity index (χ1) is 13.5. The summed E-state index contributed by atoms with van der Waals surface area (Å²) in [7, 11) is 0. The number of ether oxygens (including phenoxy) is 1. The van der Waals surface area contributed by atoms with Crippen LogP contribution >= 0.6 is 0 Å². The summed E-state index contributed by atoms with van der Waals surface area (Å²) in [6.07, 6.45) is 1.17. The van der Waals surface area contributed by atoms with Crippen molar-refractivity contribution in [2.75, 3.05) is 6.61 Å². The van der Waals surface area contributed by atoms with Gasteiger partial charge in [-0.05, 0) is 60.7 Å². The van der Waals surface area contributed by atoms with E-state index in [2.05, 4.69) is 17.1 Å². The summed E-state index contributed by atoms with van der Waals surface area (Å²) in [5.41, 5.74) is 2.06. The van der Waals surface area contributed by atoms with Crippen molar-refractivity contribution in [2.45, 2.75) is 32.1 Å². The fraction of sp³-hybridized carbons (Fsp3) is 0.261. The number of nitrogens with one attached hydrogen (secondary N) is 1. The molecule has 0 amide bonds. The van der Waals surface area contributed by atoms with Crippen LogP contribution in [0.5, 0.6) is 5.75 Å². The molecule has 0 fully saturated rings. The van der Waals surface area contributed by atoms with Crippen molar-refractivity contribution in [1.82, 2.24) is 4.98 Å². The third kappa shape index (κ3) is 3.89. The van der Waals surface area contributed by atoms with Crippen molar-refractivity contribution in [1.29, 1.82) is 10.5 Å². The van der Waals surface area contributed by atoms with Crippen LogP contribution in [0.2, 0.25) is 0 Å². The molecule has 2 aromatic carbocycles. The molecular formula is C23H21N3O2. The molecule has 3 aromatic rings. The number of nitriles is 2. The summed E-state index contributed by atoms with van der Waals surface area (Å²) in [6.45, 7) is 4.18. The molecule has 0 aliphatic carbocycles. The molecule has 28 heavy (non-hydrogen) atoms. The van der Waals surface area contributed by atoms with Crippen LogP contribution < -0.4 is 10.3 Å². The van der Waals surface area contributed by atoms with Crippen molar-refractivity contribution >= 4 is 10.9 Å². The number of benzene rings is 2. The van der Waals surface area contributed by atoms with Crippen LogP contribution in [-0.4, -0.2) is 11.6 Å². The minimum atomic E-state index is -0.749. The van der Waals surface area contributed by atoms with E-state index in [0.29, 0.717) is 30.8 Å². The van der Waals surface area contributed by atoms with E-state index in [4.69, 9.17) is 10.00 Å². The lowest BCUT2D eigenvalue weighted by Crippen LogP contribution is -2.23. The van der Waals surface area contributed by atoms with Gasteiger partial charge < -0.3 is 9.72 Å². The fourth-order valence-corrected chi connectivity index (χ4v) is 3.12. The first-order valence-corrected chi connectivity index (χ1v) is 9.20. The molecule has 1 heterocycles. The highest BCUT2D eigenvalue weighted by atomic mass is 16.5. The molecule has 1 N–H and O–H groups in total. The lowest BCUT2D eigenvalue weighted by Gasteiger charge is -2.22. The highest BCUT2D eigenvalue weighted by Crippen LogP contribution is 2.29. The van der Waals surface area contributed by atoms with Crippen molar-refractivity contribution in [2.24, 2.45) is 0 Å². The number of hydrogen-bond donors (Lipinski definition) is 1. The van der Waals surface area contributed by atoms with E-state index in [0.717, 1.165) is 22.0 Å². The lowest BCUT2D eigenvalue weighted by molar-refractivity contribution is 0.285. The number of aromatic nitrogens is 1. The van der Waals surface area contributed by atoms with Gasteiger partial charge in [0.2, 0.25) is 0 Å². The van der Waals surface area contributed by atoms with E-state index < -0.39 is 5.41 Å². The van der Waals surface area contributed by atoms with Crippen LogP contribution in [0.1, 0.15) is 37.0 Å². The minimum Gasteiger partial charge on any atom is -0.494 e. The average Bonchev–Trinajstić information content (AvgIpc) is 2.73. The van der Waals surface area contributed by atoms with Crippen molar-refractivity contribution in [3.05, 3.63) is 75.6 Å². The monoisotopic (exact) mass is 371 g/mol. The van der Waals surface area contributed by atoms with Gasteiger partial charge in [-0.3, -0.25) is 4.79 Å². The van der Waals surface area contributed by atoms with Crippen molar-refractivity contribution in [3.63, 3.8) is 0 Å². The topological polar surface area (TPSA) is 89.7 Å². The molecule has 140 valence electrons. The normalized spacial score (nSPS) is 12.7. The number of rotatable bonds is 6. The number of nitrogens with zero attached hydrogens (tertiary/aromatic N) is 2. The predicted octanol–water partition coefficient (Wildman–Crippen LogP) is 4.21. The molecule has 0 bridgehead atoms. The Morgan fingerprint density at radius 2 is 1.86 bits per heavy atom. The van der Waals surface area contributed by atoms with Gasteiger partial charge in [0.25, 0.3) is 5.56 Å². The van der Waals surface area contributed by atoms with Gasteiger partial charge in [0.1, 0.15) is 5.75 Å². The van der Waals surface area contributed by atoms with Crippen molar-refractivity contribution in [3.8, 4) is 17.9 Å². The Hall–Kier alpha value is -3.57. The summed E-state index contributed by atoms with van der Waals surface area (Å²) in [5.74, 6) is 0.661. The van der Waals surface area contributed by atoms with Gasteiger partial charge in [0, 0.05) is 17.5 Å². The Morgan fingerprint density at radius 1 is 1.11 bits per heavy atom. The Bertz CT molecular complexity index is 1130. The van der Waals surface area contributed by atoms with Gasteiger partial charge in [-0.2, -0.15) is 10.5 Å². The van der Waals surface area contributed by atoms with E-state index in [-0.39, 0.29) is 5.56 Å². The van der Waals surface area contributed by atoms with E-state index in [1.807, 2.05) is 38.1 Å². The predicted molar refractivity (Wildman–Crippen MR) is 108 cm³/mol. The second-order valence-corrected chi connectivity index (χ2v) is 6.96. The molecule has 3 rings (SSSR count). The molecule has 0 spiro atoms. The number of hydrogen-bond acceptors (Lipinski definition) is 4. The molecule has 5 nitrogen and oxygen atoms in total. The van der Waals surface area contributed by atoms with Gasteiger partial charge in [-0.1, -0.05) is 19.1 Å². The first-order valence-electron chi connectivity index (χ1n) is 9.20. The highest BCUT2D eigenvalue weighted by Gasteiger charge is 2.27. The molecule has 0 saturated carbocycles. The quantitative estimate of drug-likeness (QED) is 0.703. The van der Waals surface area contributed by atoms with Crippen molar-refractivity contribution < 1.29 is 4.74 Å².